The zero-order chi connectivity index (χ0) is 22.5. The van der Waals surface area contributed by atoms with Gasteiger partial charge in [0, 0.05) is 44.4 Å². The molecule has 0 radical (unpaired) electrons. The highest BCUT2D eigenvalue weighted by Gasteiger charge is 2.20. The monoisotopic (exact) mass is 429 g/mol. The van der Waals surface area contributed by atoms with Gasteiger partial charge < -0.3 is 18.9 Å². The van der Waals surface area contributed by atoms with E-state index in [4.69, 9.17) is 4.74 Å². The average molecular weight is 430 g/mol. The van der Waals surface area contributed by atoms with Crippen LogP contribution < -0.4 is 4.74 Å². The van der Waals surface area contributed by atoms with Gasteiger partial charge in [0.1, 0.15) is 17.1 Å². The van der Waals surface area contributed by atoms with Crippen molar-refractivity contribution in [3.05, 3.63) is 84.6 Å². The molecule has 0 bridgehead atoms. The molecule has 4 rings (SSSR count). The van der Waals surface area contributed by atoms with Gasteiger partial charge in [-0.25, -0.2) is 4.98 Å². The summed E-state index contributed by atoms with van der Waals surface area (Å²) in [6, 6.07) is 15.7. The number of imidazole rings is 1. The number of rotatable bonds is 8. The van der Waals surface area contributed by atoms with Gasteiger partial charge in [-0.2, -0.15) is 0 Å². The minimum Gasteiger partial charge on any atom is -0.497 e. The fourth-order valence-electron chi connectivity index (χ4n) is 3.54. The standard InChI is InChI=1S/C25H27N5O2/c1-28(2)13-14-29(16-19-5-4-6-22(15-19)32-3)25(31)23-18-30-17-21(7-8-24(30)27-23)20-9-11-26-12-10-20/h4-12,15,17-18H,13-14,16H2,1-3H3. The van der Waals surface area contributed by atoms with Crippen LogP contribution in [0.2, 0.25) is 0 Å². The van der Waals surface area contributed by atoms with Gasteiger partial charge in [0.15, 0.2) is 0 Å². The van der Waals surface area contributed by atoms with Crippen molar-refractivity contribution in [2.75, 3.05) is 34.3 Å². The first kappa shape index (κ1) is 21.5. The zero-order valence-corrected chi connectivity index (χ0v) is 18.6. The molecule has 164 valence electrons. The normalized spacial score (nSPS) is 11.1. The molecule has 0 saturated heterocycles. The number of amides is 1. The summed E-state index contributed by atoms with van der Waals surface area (Å²) in [5, 5.41) is 0. The van der Waals surface area contributed by atoms with Crippen LogP contribution in [0.3, 0.4) is 0 Å². The van der Waals surface area contributed by atoms with Gasteiger partial charge in [-0.1, -0.05) is 12.1 Å². The van der Waals surface area contributed by atoms with E-state index in [0.29, 0.717) is 18.8 Å². The van der Waals surface area contributed by atoms with Gasteiger partial charge in [0.05, 0.1) is 7.11 Å². The Morgan fingerprint density at radius 2 is 1.81 bits per heavy atom. The summed E-state index contributed by atoms with van der Waals surface area (Å²) < 4.78 is 7.24. The van der Waals surface area contributed by atoms with Crippen molar-refractivity contribution in [1.29, 1.82) is 0 Å². The van der Waals surface area contributed by atoms with Crippen LogP contribution in [0.15, 0.2) is 73.3 Å². The topological polar surface area (TPSA) is 63.0 Å². The summed E-state index contributed by atoms with van der Waals surface area (Å²) in [5.41, 5.74) is 4.28. The molecule has 0 aliphatic carbocycles. The number of benzene rings is 1. The first-order valence-electron chi connectivity index (χ1n) is 10.5. The summed E-state index contributed by atoms with van der Waals surface area (Å²) in [7, 11) is 5.64. The number of methoxy groups -OCH3 is 1. The van der Waals surface area contributed by atoms with E-state index in [9.17, 15) is 4.79 Å². The van der Waals surface area contributed by atoms with Gasteiger partial charge in [-0.3, -0.25) is 9.78 Å². The SMILES string of the molecule is COc1cccc(CN(CCN(C)C)C(=O)c2cn3cc(-c4ccncc4)ccc3n2)c1. The first-order chi connectivity index (χ1) is 15.5. The Hall–Kier alpha value is -3.71. The number of hydrogen-bond acceptors (Lipinski definition) is 5. The third-order valence-corrected chi connectivity index (χ3v) is 5.30. The molecule has 0 unspecified atom stereocenters. The minimum atomic E-state index is -0.0937. The van der Waals surface area contributed by atoms with Crippen LogP contribution in [-0.4, -0.2) is 64.4 Å². The van der Waals surface area contributed by atoms with Gasteiger partial charge in [-0.15, -0.1) is 0 Å². The van der Waals surface area contributed by atoms with Crippen molar-refractivity contribution < 1.29 is 9.53 Å². The molecule has 0 N–H and O–H groups in total. The number of aromatic nitrogens is 3. The smallest absolute Gasteiger partial charge is 0.274 e. The van der Waals surface area contributed by atoms with Crippen LogP contribution in [-0.2, 0) is 6.54 Å². The third kappa shape index (κ3) is 4.95. The molecule has 0 atom stereocenters. The molecule has 0 fully saturated rings. The number of likely N-dealkylation sites (N-methyl/N-ethyl adjacent to an activating group) is 1. The fourth-order valence-corrected chi connectivity index (χ4v) is 3.54. The van der Waals surface area contributed by atoms with Gasteiger partial charge in [0.25, 0.3) is 5.91 Å². The van der Waals surface area contributed by atoms with Crippen LogP contribution in [0.1, 0.15) is 16.1 Å². The lowest BCUT2D eigenvalue weighted by Crippen LogP contribution is -2.36. The van der Waals surface area contributed by atoms with Crippen LogP contribution in [0.25, 0.3) is 16.8 Å². The number of nitrogens with zero attached hydrogens (tertiary/aromatic N) is 5. The molecule has 1 aromatic carbocycles. The van der Waals surface area contributed by atoms with E-state index < -0.39 is 0 Å². The molecule has 32 heavy (non-hydrogen) atoms. The predicted octanol–water partition coefficient (Wildman–Crippen LogP) is 3.61. The molecule has 0 spiro atoms. The Morgan fingerprint density at radius 1 is 1.00 bits per heavy atom. The molecule has 0 saturated carbocycles. The molecular weight excluding hydrogens is 402 g/mol. The Kier molecular flexibility index (Phi) is 6.47. The van der Waals surface area contributed by atoms with Crippen molar-refractivity contribution in [3.63, 3.8) is 0 Å². The summed E-state index contributed by atoms with van der Waals surface area (Å²) in [6.07, 6.45) is 7.32. The van der Waals surface area contributed by atoms with E-state index in [1.165, 1.54) is 0 Å². The fraction of sp³-hybridized carbons (Fsp3) is 0.240. The van der Waals surface area contributed by atoms with E-state index in [0.717, 1.165) is 34.6 Å². The summed E-state index contributed by atoms with van der Waals surface area (Å²) in [6.45, 7) is 1.84. The molecule has 7 heteroatoms. The molecule has 1 amide bonds. The largest absolute Gasteiger partial charge is 0.497 e. The quantitative estimate of drug-likeness (QED) is 0.428. The highest BCUT2D eigenvalue weighted by atomic mass is 16.5. The number of pyridine rings is 2. The average Bonchev–Trinajstić information content (AvgIpc) is 3.25. The molecule has 3 heterocycles. The molecule has 4 aromatic rings. The molecule has 0 aliphatic heterocycles. The second kappa shape index (κ2) is 9.62. The summed E-state index contributed by atoms with van der Waals surface area (Å²) >= 11 is 0. The minimum absolute atomic E-state index is 0.0937. The van der Waals surface area contributed by atoms with Crippen LogP contribution >= 0.6 is 0 Å². The molecule has 7 nitrogen and oxygen atoms in total. The third-order valence-electron chi connectivity index (χ3n) is 5.30. The van der Waals surface area contributed by atoms with Gasteiger partial charge in [-0.05, 0) is 67.2 Å². The lowest BCUT2D eigenvalue weighted by Gasteiger charge is -2.24. The van der Waals surface area contributed by atoms with Crippen molar-refractivity contribution in [2.24, 2.45) is 0 Å². The molecule has 3 aromatic heterocycles. The van der Waals surface area contributed by atoms with Crippen LogP contribution in [0.4, 0.5) is 0 Å². The maximum absolute atomic E-state index is 13.4. The number of carbonyl (C=O) groups excluding carboxylic acids is 1. The zero-order valence-electron chi connectivity index (χ0n) is 18.6. The van der Waals surface area contributed by atoms with E-state index in [2.05, 4.69) is 14.9 Å². The molecular formula is C25H27N5O2. The summed E-state index contributed by atoms with van der Waals surface area (Å²) in [5.74, 6) is 0.683. The van der Waals surface area contributed by atoms with Crippen LogP contribution in [0.5, 0.6) is 5.75 Å². The second-order valence-corrected chi connectivity index (χ2v) is 7.93. The second-order valence-electron chi connectivity index (χ2n) is 7.93. The van der Waals surface area contributed by atoms with E-state index >= 15 is 0 Å². The Labute approximate surface area is 187 Å². The van der Waals surface area contributed by atoms with E-state index in [1.807, 2.05) is 78.1 Å². The number of fused-ring (bicyclic) bond motifs is 1. The Balaban J connectivity index is 1.61. The lowest BCUT2D eigenvalue weighted by molar-refractivity contribution is 0.0726. The Morgan fingerprint density at radius 3 is 2.56 bits per heavy atom. The van der Waals surface area contributed by atoms with E-state index in [-0.39, 0.29) is 5.91 Å². The summed E-state index contributed by atoms with van der Waals surface area (Å²) in [4.78, 5) is 26.0. The van der Waals surface area contributed by atoms with Crippen molar-refractivity contribution in [1.82, 2.24) is 24.2 Å². The van der Waals surface area contributed by atoms with Crippen molar-refractivity contribution in [2.45, 2.75) is 6.54 Å². The van der Waals surface area contributed by atoms with Crippen molar-refractivity contribution >= 4 is 11.6 Å². The number of hydrogen-bond donors (Lipinski definition) is 0. The lowest BCUT2D eigenvalue weighted by atomic mass is 10.1. The first-order valence-corrected chi connectivity index (χ1v) is 10.5. The molecule has 0 aliphatic rings. The highest BCUT2D eigenvalue weighted by molar-refractivity contribution is 5.93. The maximum atomic E-state index is 13.4. The van der Waals surface area contributed by atoms with Crippen molar-refractivity contribution in [3.8, 4) is 16.9 Å². The highest BCUT2D eigenvalue weighted by Crippen LogP contribution is 2.20. The Bertz CT molecular complexity index is 1200. The van der Waals surface area contributed by atoms with E-state index in [1.54, 1.807) is 25.7 Å². The number of ether oxygens (including phenoxy) is 1. The number of carbonyl (C=O) groups is 1. The maximum Gasteiger partial charge on any atom is 0.274 e. The predicted molar refractivity (Wildman–Crippen MR) is 125 cm³/mol. The van der Waals surface area contributed by atoms with Gasteiger partial charge >= 0.3 is 0 Å². The van der Waals surface area contributed by atoms with Crippen LogP contribution in [0, 0.1) is 0 Å². The van der Waals surface area contributed by atoms with Gasteiger partial charge in [0.2, 0.25) is 0 Å².